The Morgan fingerprint density at radius 2 is 1.81 bits per heavy atom. The second kappa shape index (κ2) is 7.29. The number of aromatic nitrogens is 3. The number of hydrogen-bond acceptors (Lipinski definition) is 3. The van der Waals surface area contributed by atoms with Crippen molar-refractivity contribution in [2.45, 2.75) is 33.1 Å². The second-order valence-electron chi connectivity index (χ2n) is 7.59. The third-order valence-electron chi connectivity index (χ3n) is 5.34. The third-order valence-corrected chi connectivity index (χ3v) is 5.34. The van der Waals surface area contributed by atoms with Crippen LogP contribution >= 0.6 is 0 Å². The molecule has 4 rings (SSSR count). The maximum atomic E-state index is 13.2. The second-order valence-corrected chi connectivity index (χ2v) is 7.59. The topological polar surface area (TPSA) is 72.2 Å². The SMILES string of the molecule is Cc1cc(C(=O)N2Cc3ccc(NC(=O)C(F)(F)F)cc3C2)c(C)n1-c1cnn(C)c1. The van der Waals surface area contributed by atoms with Gasteiger partial charge < -0.3 is 14.8 Å². The lowest BCUT2D eigenvalue weighted by Crippen LogP contribution is -2.29. The molecule has 7 nitrogen and oxygen atoms in total. The van der Waals surface area contributed by atoms with Crippen LogP contribution in [0.25, 0.3) is 5.69 Å². The predicted octanol–water partition coefficient (Wildman–Crippen LogP) is 3.48. The fourth-order valence-corrected chi connectivity index (χ4v) is 3.89. The number of nitrogens with zero attached hydrogens (tertiary/aromatic N) is 4. The predicted molar refractivity (Wildman–Crippen MR) is 107 cm³/mol. The fraction of sp³-hybridized carbons (Fsp3) is 0.286. The molecule has 0 spiro atoms. The van der Waals surface area contributed by atoms with Crippen LogP contribution in [0.1, 0.15) is 32.9 Å². The van der Waals surface area contributed by atoms with Crippen LogP contribution in [0.15, 0.2) is 36.7 Å². The van der Waals surface area contributed by atoms with Crippen molar-refractivity contribution in [2.24, 2.45) is 7.05 Å². The molecule has 1 N–H and O–H groups in total. The molecule has 1 aromatic carbocycles. The van der Waals surface area contributed by atoms with Crippen molar-refractivity contribution >= 4 is 17.5 Å². The standard InChI is InChI=1S/C21H20F3N5O2/c1-12-6-18(13(2)29(12)17-8-25-27(3)11-17)19(30)28-9-14-4-5-16(7-15(14)10-28)26-20(31)21(22,23)24/h4-8,11H,9-10H2,1-3H3,(H,26,31). The number of halogens is 3. The Balaban J connectivity index is 1.55. The lowest BCUT2D eigenvalue weighted by atomic mass is 10.1. The van der Waals surface area contributed by atoms with E-state index in [0.717, 1.165) is 22.6 Å². The van der Waals surface area contributed by atoms with Gasteiger partial charge in [-0.3, -0.25) is 14.3 Å². The Labute approximate surface area is 176 Å². The Bertz CT molecular complexity index is 1190. The van der Waals surface area contributed by atoms with E-state index in [-0.39, 0.29) is 18.1 Å². The molecular weight excluding hydrogens is 411 g/mol. The Morgan fingerprint density at radius 3 is 2.45 bits per heavy atom. The largest absolute Gasteiger partial charge is 0.471 e. The fourth-order valence-electron chi connectivity index (χ4n) is 3.89. The van der Waals surface area contributed by atoms with Crippen LogP contribution in [0.2, 0.25) is 0 Å². The average molecular weight is 431 g/mol. The van der Waals surface area contributed by atoms with Gasteiger partial charge in [0, 0.05) is 43.4 Å². The van der Waals surface area contributed by atoms with Crippen LogP contribution in [0.4, 0.5) is 18.9 Å². The highest BCUT2D eigenvalue weighted by Crippen LogP contribution is 2.30. The summed E-state index contributed by atoms with van der Waals surface area (Å²) in [5.41, 5.74) is 4.66. The van der Waals surface area contributed by atoms with Crippen molar-refractivity contribution in [1.29, 1.82) is 0 Å². The zero-order valence-corrected chi connectivity index (χ0v) is 17.1. The first-order chi connectivity index (χ1) is 14.5. The number of carbonyl (C=O) groups is 2. The van der Waals surface area contributed by atoms with Gasteiger partial charge in [-0.2, -0.15) is 18.3 Å². The summed E-state index contributed by atoms with van der Waals surface area (Å²) in [5.74, 6) is -2.19. The first kappa shape index (κ1) is 20.7. The van der Waals surface area contributed by atoms with E-state index in [0.29, 0.717) is 17.7 Å². The summed E-state index contributed by atoms with van der Waals surface area (Å²) in [5, 5.41) is 6.03. The molecule has 0 bridgehead atoms. The molecule has 1 aliphatic rings. The lowest BCUT2D eigenvalue weighted by Gasteiger charge is -2.15. The molecule has 2 aromatic heterocycles. The van der Waals surface area contributed by atoms with Crippen molar-refractivity contribution < 1.29 is 22.8 Å². The van der Waals surface area contributed by atoms with Crippen LogP contribution in [-0.4, -0.2) is 37.2 Å². The maximum Gasteiger partial charge on any atom is 0.471 e. The highest BCUT2D eigenvalue weighted by Gasteiger charge is 2.39. The zero-order chi connectivity index (χ0) is 22.5. The van der Waals surface area contributed by atoms with Crippen molar-refractivity contribution in [3.05, 3.63) is 64.7 Å². The van der Waals surface area contributed by atoms with Crippen LogP contribution in [-0.2, 0) is 24.9 Å². The minimum absolute atomic E-state index is 0.0464. The highest BCUT2D eigenvalue weighted by molar-refractivity contribution is 5.97. The lowest BCUT2D eigenvalue weighted by molar-refractivity contribution is -0.167. The van der Waals surface area contributed by atoms with E-state index in [9.17, 15) is 22.8 Å². The molecule has 162 valence electrons. The average Bonchev–Trinajstić information content (AvgIpc) is 3.37. The van der Waals surface area contributed by atoms with Gasteiger partial charge in [0.1, 0.15) is 0 Å². The molecule has 0 saturated heterocycles. The van der Waals surface area contributed by atoms with Crippen LogP contribution < -0.4 is 5.32 Å². The highest BCUT2D eigenvalue weighted by atomic mass is 19.4. The zero-order valence-electron chi connectivity index (χ0n) is 17.1. The van der Waals surface area contributed by atoms with E-state index in [2.05, 4.69) is 5.10 Å². The summed E-state index contributed by atoms with van der Waals surface area (Å²) in [7, 11) is 1.82. The quantitative estimate of drug-likeness (QED) is 0.690. The molecular formula is C21H20F3N5O2. The molecule has 0 aliphatic carbocycles. The number of alkyl halides is 3. The van der Waals surface area contributed by atoms with Crippen molar-refractivity contribution in [3.63, 3.8) is 0 Å². The number of benzene rings is 1. The normalized spacial score (nSPS) is 13.4. The molecule has 0 radical (unpaired) electrons. The van der Waals surface area contributed by atoms with Crippen molar-refractivity contribution in [3.8, 4) is 5.69 Å². The Morgan fingerprint density at radius 1 is 1.10 bits per heavy atom. The van der Waals surface area contributed by atoms with Crippen LogP contribution in [0.5, 0.6) is 0 Å². The number of anilines is 1. The summed E-state index contributed by atoms with van der Waals surface area (Å²) in [6.45, 7) is 4.37. The van der Waals surface area contributed by atoms with E-state index in [1.165, 1.54) is 12.1 Å². The summed E-state index contributed by atoms with van der Waals surface area (Å²) >= 11 is 0. The molecule has 0 atom stereocenters. The van der Waals surface area contributed by atoms with E-state index < -0.39 is 12.1 Å². The number of fused-ring (bicyclic) bond motifs is 1. The van der Waals surface area contributed by atoms with Gasteiger partial charge in [-0.25, -0.2) is 0 Å². The number of rotatable bonds is 3. The monoisotopic (exact) mass is 431 g/mol. The van der Waals surface area contributed by atoms with Crippen LogP contribution in [0.3, 0.4) is 0 Å². The third kappa shape index (κ3) is 3.80. The van der Waals surface area contributed by atoms with Gasteiger partial charge in [-0.05, 0) is 43.2 Å². The molecule has 0 fully saturated rings. The minimum Gasteiger partial charge on any atom is -0.330 e. The number of carbonyl (C=O) groups excluding carboxylic acids is 2. The summed E-state index contributed by atoms with van der Waals surface area (Å²) in [6, 6.07) is 6.34. The van der Waals surface area contributed by atoms with Gasteiger partial charge in [-0.1, -0.05) is 6.07 Å². The van der Waals surface area contributed by atoms with Crippen LogP contribution in [0, 0.1) is 13.8 Å². The smallest absolute Gasteiger partial charge is 0.330 e. The number of nitrogens with one attached hydrogen (secondary N) is 1. The van der Waals surface area contributed by atoms with Gasteiger partial charge in [0.25, 0.3) is 5.91 Å². The van der Waals surface area contributed by atoms with E-state index in [4.69, 9.17) is 0 Å². The summed E-state index contributed by atoms with van der Waals surface area (Å²) < 4.78 is 41.1. The molecule has 0 unspecified atom stereocenters. The molecule has 1 aliphatic heterocycles. The van der Waals surface area contributed by atoms with Crippen molar-refractivity contribution in [2.75, 3.05) is 5.32 Å². The molecule has 31 heavy (non-hydrogen) atoms. The number of amides is 2. The van der Waals surface area contributed by atoms with Gasteiger partial charge in [0.2, 0.25) is 0 Å². The van der Waals surface area contributed by atoms with Gasteiger partial charge in [0.05, 0.1) is 17.4 Å². The van der Waals surface area contributed by atoms with Gasteiger partial charge in [-0.15, -0.1) is 0 Å². The molecule has 0 saturated carbocycles. The summed E-state index contributed by atoms with van der Waals surface area (Å²) in [4.78, 5) is 26.0. The van der Waals surface area contributed by atoms with Gasteiger partial charge >= 0.3 is 12.1 Å². The number of aryl methyl sites for hydroxylation is 2. The number of hydrogen-bond donors (Lipinski definition) is 1. The van der Waals surface area contributed by atoms with Gasteiger partial charge in [0.15, 0.2) is 0 Å². The first-order valence-electron chi connectivity index (χ1n) is 9.52. The molecule has 3 heterocycles. The summed E-state index contributed by atoms with van der Waals surface area (Å²) in [6.07, 6.45) is -1.38. The minimum atomic E-state index is -4.96. The molecule has 2 amide bonds. The Hall–Kier alpha value is -3.56. The van der Waals surface area contributed by atoms with Crippen molar-refractivity contribution in [1.82, 2.24) is 19.2 Å². The van der Waals surface area contributed by atoms with E-state index in [1.54, 1.807) is 21.8 Å². The molecule has 10 heteroatoms. The Kier molecular flexibility index (Phi) is 4.87. The molecule has 3 aromatic rings. The first-order valence-corrected chi connectivity index (χ1v) is 9.52. The van der Waals surface area contributed by atoms with E-state index >= 15 is 0 Å². The van der Waals surface area contributed by atoms with E-state index in [1.807, 2.05) is 43.0 Å². The maximum absolute atomic E-state index is 13.2.